The number of benzene rings is 1. The van der Waals surface area contributed by atoms with Crippen LogP contribution in [0, 0.1) is 5.92 Å². The highest BCUT2D eigenvalue weighted by Crippen LogP contribution is 2.31. The Kier molecular flexibility index (Phi) is 5.47. The Balaban J connectivity index is 2.14. The molecule has 1 aromatic carbocycles. The van der Waals surface area contributed by atoms with Crippen LogP contribution in [-0.2, 0) is 6.42 Å². The van der Waals surface area contributed by atoms with E-state index in [1.807, 2.05) is 0 Å². The minimum atomic E-state index is 0.273. The predicted octanol–water partition coefficient (Wildman–Crippen LogP) is 3.98. The Hall–Kier alpha value is -1.02. The van der Waals surface area contributed by atoms with Gasteiger partial charge in [0.05, 0.1) is 0 Å². The van der Waals surface area contributed by atoms with Gasteiger partial charge in [0, 0.05) is 24.8 Å². The Bertz CT molecular complexity index is 416. The van der Waals surface area contributed by atoms with Gasteiger partial charge in [-0.05, 0) is 43.2 Å². The average molecular weight is 274 g/mol. The van der Waals surface area contributed by atoms with Crippen LogP contribution in [0.2, 0.25) is 0 Å². The Labute approximate surface area is 124 Å². The van der Waals surface area contributed by atoms with E-state index in [9.17, 15) is 0 Å². The topological polar surface area (TPSA) is 29.3 Å². The van der Waals surface area contributed by atoms with E-state index in [0.717, 1.165) is 18.8 Å². The Morgan fingerprint density at radius 3 is 2.75 bits per heavy atom. The van der Waals surface area contributed by atoms with E-state index in [0.29, 0.717) is 6.04 Å². The third-order valence-electron chi connectivity index (χ3n) is 4.83. The van der Waals surface area contributed by atoms with Crippen molar-refractivity contribution < 1.29 is 0 Å². The van der Waals surface area contributed by atoms with Crippen LogP contribution in [-0.4, -0.2) is 19.1 Å². The lowest BCUT2D eigenvalue weighted by molar-refractivity contribution is 0.336. The predicted molar refractivity (Wildman–Crippen MR) is 88.2 cm³/mol. The third-order valence-corrected chi connectivity index (χ3v) is 4.83. The minimum Gasteiger partial charge on any atom is -0.371 e. The molecular weight excluding hydrogens is 244 g/mol. The normalized spacial score (nSPS) is 24.4. The molecule has 0 spiro atoms. The van der Waals surface area contributed by atoms with Crippen molar-refractivity contribution >= 4 is 5.69 Å². The second kappa shape index (κ2) is 7.12. The first-order valence-electron chi connectivity index (χ1n) is 8.18. The molecule has 2 heteroatoms. The first kappa shape index (κ1) is 15.4. The largest absolute Gasteiger partial charge is 0.371 e. The zero-order valence-corrected chi connectivity index (χ0v) is 13.3. The van der Waals surface area contributed by atoms with Gasteiger partial charge in [0.1, 0.15) is 0 Å². The molecule has 1 fully saturated rings. The molecule has 0 aromatic heterocycles. The monoisotopic (exact) mass is 274 g/mol. The molecule has 0 aliphatic heterocycles. The number of hydrogen-bond acceptors (Lipinski definition) is 2. The zero-order chi connectivity index (χ0) is 14.5. The summed E-state index contributed by atoms with van der Waals surface area (Å²) in [7, 11) is 2.26. The van der Waals surface area contributed by atoms with Gasteiger partial charge in [-0.1, -0.05) is 44.9 Å². The summed E-state index contributed by atoms with van der Waals surface area (Å²) in [4.78, 5) is 2.51. The van der Waals surface area contributed by atoms with E-state index in [1.165, 1.54) is 36.9 Å². The van der Waals surface area contributed by atoms with Crippen molar-refractivity contribution in [1.29, 1.82) is 0 Å². The molecule has 3 unspecified atom stereocenters. The lowest BCUT2D eigenvalue weighted by Crippen LogP contribution is -2.36. The van der Waals surface area contributed by atoms with Crippen LogP contribution < -0.4 is 10.6 Å². The molecule has 2 rings (SSSR count). The van der Waals surface area contributed by atoms with Crippen LogP contribution >= 0.6 is 0 Å². The quantitative estimate of drug-likeness (QED) is 0.880. The summed E-state index contributed by atoms with van der Waals surface area (Å²) in [5.74, 6) is 0.862. The molecule has 1 aliphatic rings. The highest BCUT2D eigenvalue weighted by molar-refractivity contribution is 5.54. The maximum absolute atomic E-state index is 6.16. The second-order valence-electron chi connectivity index (χ2n) is 6.54. The fourth-order valence-corrected chi connectivity index (χ4v) is 3.40. The molecule has 2 nitrogen and oxygen atoms in total. The molecule has 0 heterocycles. The number of para-hydroxylation sites is 1. The van der Waals surface area contributed by atoms with Crippen molar-refractivity contribution in [2.24, 2.45) is 11.7 Å². The molecule has 1 aliphatic carbocycles. The van der Waals surface area contributed by atoms with Gasteiger partial charge in [0.2, 0.25) is 0 Å². The van der Waals surface area contributed by atoms with E-state index in [4.69, 9.17) is 5.73 Å². The van der Waals surface area contributed by atoms with Crippen molar-refractivity contribution in [3.63, 3.8) is 0 Å². The van der Waals surface area contributed by atoms with Crippen molar-refractivity contribution in [3.8, 4) is 0 Å². The summed E-state index contributed by atoms with van der Waals surface area (Å²) >= 11 is 0. The van der Waals surface area contributed by atoms with Crippen molar-refractivity contribution in [2.75, 3.05) is 11.9 Å². The number of nitrogens with two attached hydrogens (primary N) is 1. The van der Waals surface area contributed by atoms with Gasteiger partial charge in [-0.3, -0.25) is 0 Å². The summed E-state index contributed by atoms with van der Waals surface area (Å²) in [6.45, 7) is 4.55. The number of rotatable bonds is 5. The van der Waals surface area contributed by atoms with E-state index in [-0.39, 0.29) is 6.04 Å². The second-order valence-corrected chi connectivity index (χ2v) is 6.54. The number of nitrogens with zero attached hydrogens (tertiary/aromatic N) is 1. The molecule has 0 saturated heterocycles. The first-order valence-corrected chi connectivity index (χ1v) is 8.18. The van der Waals surface area contributed by atoms with Gasteiger partial charge in [-0.25, -0.2) is 0 Å². The molecule has 1 saturated carbocycles. The van der Waals surface area contributed by atoms with Gasteiger partial charge in [-0.2, -0.15) is 0 Å². The summed E-state index contributed by atoms with van der Waals surface area (Å²) < 4.78 is 0. The van der Waals surface area contributed by atoms with Gasteiger partial charge in [0.15, 0.2) is 0 Å². The summed E-state index contributed by atoms with van der Waals surface area (Å²) in [5, 5.41) is 0. The van der Waals surface area contributed by atoms with Crippen molar-refractivity contribution in [2.45, 2.75) is 64.5 Å². The third kappa shape index (κ3) is 3.76. The molecule has 3 atom stereocenters. The van der Waals surface area contributed by atoms with Gasteiger partial charge >= 0.3 is 0 Å². The molecule has 1 aromatic rings. The van der Waals surface area contributed by atoms with Gasteiger partial charge in [-0.15, -0.1) is 0 Å². The molecule has 112 valence electrons. The summed E-state index contributed by atoms with van der Waals surface area (Å²) in [5.41, 5.74) is 8.95. The summed E-state index contributed by atoms with van der Waals surface area (Å²) in [6.07, 6.45) is 7.44. The molecule has 0 radical (unpaired) electrons. The van der Waals surface area contributed by atoms with Gasteiger partial charge < -0.3 is 10.6 Å². The van der Waals surface area contributed by atoms with Crippen LogP contribution in [0.3, 0.4) is 0 Å². The lowest BCUT2D eigenvalue weighted by atomic mass is 9.86. The van der Waals surface area contributed by atoms with Crippen molar-refractivity contribution in [1.82, 2.24) is 0 Å². The minimum absolute atomic E-state index is 0.273. The van der Waals surface area contributed by atoms with Crippen LogP contribution in [0.15, 0.2) is 24.3 Å². The van der Waals surface area contributed by atoms with Crippen LogP contribution in [0.4, 0.5) is 5.69 Å². The molecule has 0 amide bonds. The van der Waals surface area contributed by atoms with Gasteiger partial charge in [0.25, 0.3) is 0 Å². The average Bonchev–Trinajstić information content (AvgIpc) is 2.47. The molecular formula is C18H30N2. The lowest BCUT2D eigenvalue weighted by Gasteiger charge is -2.36. The number of hydrogen-bond donors (Lipinski definition) is 1. The molecule has 20 heavy (non-hydrogen) atoms. The van der Waals surface area contributed by atoms with Crippen LogP contribution in [0.25, 0.3) is 0 Å². The Morgan fingerprint density at radius 2 is 2.05 bits per heavy atom. The maximum Gasteiger partial charge on any atom is 0.0399 e. The highest BCUT2D eigenvalue weighted by Gasteiger charge is 2.23. The standard InChI is InChI=1S/C18H30N2/c1-4-16(19)13-15-9-5-6-11-18(15)20(3)17-10-7-8-14(2)12-17/h5-6,9,11,14,16-17H,4,7-8,10,12-13,19H2,1-3H3. The fourth-order valence-electron chi connectivity index (χ4n) is 3.40. The van der Waals surface area contributed by atoms with Crippen molar-refractivity contribution in [3.05, 3.63) is 29.8 Å². The first-order chi connectivity index (χ1) is 9.61. The maximum atomic E-state index is 6.16. The molecule has 2 N–H and O–H groups in total. The van der Waals surface area contributed by atoms with E-state index in [1.54, 1.807) is 0 Å². The van der Waals surface area contributed by atoms with E-state index < -0.39 is 0 Å². The molecule has 0 bridgehead atoms. The summed E-state index contributed by atoms with van der Waals surface area (Å²) in [6, 6.07) is 9.76. The SMILES string of the molecule is CCC(N)Cc1ccccc1N(C)C1CCCC(C)C1. The Morgan fingerprint density at radius 1 is 1.30 bits per heavy atom. The fraction of sp³-hybridized carbons (Fsp3) is 0.667. The highest BCUT2D eigenvalue weighted by atomic mass is 15.1. The van der Waals surface area contributed by atoms with Crippen LogP contribution in [0.1, 0.15) is 51.5 Å². The van der Waals surface area contributed by atoms with E-state index in [2.05, 4.69) is 50.1 Å². The zero-order valence-electron chi connectivity index (χ0n) is 13.3. The number of anilines is 1. The van der Waals surface area contributed by atoms with E-state index >= 15 is 0 Å². The smallest absolute Gasteiger partial charge is 0.0399 e. The van der Waals surface area contributed by atoms with Crippen LogP contribution in [0.5, 0.6) is 0 Å².